The number of hydrogen-bond acceptors (Lipinski definition) is 2. The van der Waals surface area contributed by atoms with E-state index in [1.807, 2.05) is 27.7 Å². The van der Waals surface area contributed by atoms with Crippen LogP contribution in [0.25, 0.3) is 0 Å². The van der Waals surface area contributed by atoms with Gasteiger partial charge >= 0.3 is 0 Å². The van der Waals surface area contributed by atoms with E-state index in [-0.39, 0.29) is 23.4 Å². The lowest BCUT2D eigenvalue weighted by Gasteiger charge is -2.19. The quantitative estimate of drug-likeness (QED) is 0.645. The Bertz CT molecular complexity index is 252. The van der Waals surface area contributed by atoms with Gasteiger partial charge in [0.2, 0.25) is 0 Å². The van der Waals surface area contributed by atoms with Gasteiger partial charge in [-0.1, -0.05) is 41.5 Å². The van der Waals surface area contributed by atoms with E-state index in [4.69, 9.17) is 0 Å². The van der Waals surface area contributed by atoms with Crippen molar-refractivity contribution in [2.24, 2.45) is 23.7 Å². The summed E-state index contributed by atoms with van der Waals surface area (Å²) in [6.07, 6.45) is 1.87. The average molecular weight is 240 g/mol. The molecule has 2 nitrogen and oxygen atoms in total. The van der Waals surface area contributed by atoms with Crippen LogP contribution in [0.2, 0.25) is 0 Å². The number of carbonyl (C=O) groups excluding carboxylic acids is 2. The molecule has 0 saturated heterocycles. The van der Waals surface area contributed by atoms with Gasteiger partial charge in [0, 0.05) is 24.7 Å². The topological polar surface area (TPSA) is 34.1 Å². The van der Waals surface area contributed by atoms with Crippen LogP contribution in [0.4, 0.5) is 0 Å². The summed E-state index contributed by atoms with van der Waals surface area (Å²) >= 11 is 0. The molecule has 0 saturated carbocycles. The van der Waals surface area contributed by atoms with Crippen molar-refractivity contribution in [2.75, 3.05) is 0 Å². The zero-order valence-electron chi connectivity index (χ0n) is 12.2. The molecular formula is C15H28O2. The van der Waals surface area contributed by atoms with Crippen molar-refractivity contribution >= 4 is 11.6 Å². The maximum atomic E-state index is 12.0. The van der Waals surface area contributed by atoms with E-state index in [9.17, 15) is 9.59 Å². The second-order valence-corrected chi connectivity index (χ2v) is 6.22. The van der Waals surface area contributed by atoms with Crippen molar-refractivity contribution in [3.05, 3.63) is 0 Å². The Labute approximate surface area is 106 Å². The van der Waals surface area contributed by atoms with Crippen LogP contribution in [-0.2, 0) is 9.59 Å². The van der Waals surface area contributed by atoms with Crippen molar-refractivity contribution in [2.45, 2.75) is 60.8 Å². The minimum atomic E-state index is -0.0683. The molecule has 1 unspecified atom stereocenters. The summed E-state index contributed by atoms with van der Waals surface area (Å²) in [7, 11) is 0. The summed E-state index contributed by atoms with van der Waals surface area (Å²) in [6, 6.07) is 0. The minimum Gasteiger partial charge on any atom is -0.300 e. The number of ketones is 2. The van der Waals surface area contributed by atoms with E-state index in [1.165, 1.54) is 0 Å². The van der Waals surface area contributed by atoms with Crippen LogP contribution in [0.1, 0.15) is 60.8 Å². The largest absolute Gasteiger partial charge is 0.300 e. The molecule has 0 aromatic rings. The van der Waals surface area contributed by atoms with Gasteiger partial charge in [0.25, 0.3) is 0 Å². The van der Waals surface area contributed by atoms with Gasteiger partial charge in [-0.05, 0) is 18.3 Å². The molecule has 0 heterocycles. The molecule has 0 spiro atoms. The summed E-state index contributed by atoms with van der Waals surface area (Å²) < 4.78 is 0. The standard InChI is InChI=1S/C15H28O2/c1-10(2)7-13(15(17)12(5)6)9-14(16)8-11(3)4/h10-13H,7-9H2,1-6H3. The van der Waals surface area contributed by atoms with Crippen LogP contribution in [-0.4, -0.2) is 11.6 Å². The molecule has 17 heavy (non-hydrogen) atoms. The maximum Gasteiger partial charge on any atom is 0.138 e. The molecule has 0 aliphatic rings. The number of hydrogen-bond donors (Lipinski definition) is 0. The monoisotopic (exact) mass is 240 g/mol. The molecule has 0 amide bonds. The molecule has 0 rings (SSSR count). The van der Waals surface area contributed by atoms with E-state index in [0.717, 1.165) is 6.42 Å². The fraction of sp³-hybridized carbons (Fsp3) is 0.867. The Kier molecular flexibility index (Phi) is 7.33. The zero-order valence-corrected chi connectivity index (χ0v) is 12.2. The summed E-state index contributed by atoms with van der Waals surface area (Å²) in [4.78, 5) is 23.9. The molecule has 0 N–H and O–H groups in total. The first-order valence-electron chi connectivity index (χ1n) is 6.79. The first-order chi connectivity index (χ1) is 7.73. The fourth-order valence-electron chi connectivity index (χ4n) is 2.15. The van der Waals surface area contributed by atoms with Crippen LogP contribution in [0.15, 0.2) is 0 Å². The van der Waals surface area contributed by atoms with Gasteiger partial charge in [-0.15, -0.1) is 0 Å². The van der Waals surface area contributed by atoms with Gasteiger partial charge in [0.05, 0.1) is 0 Å². The smallest absolute Gasteiger partial charge is 0.138 e. The molecule has 100 valence electrons. The third kappa shape index (κ3) is 7.30. The normalized spacial score (nSPS) is 13.5. The average Bonchev–Trinajstić information content (AvgIpc) is 2.13. The van der Waals surface area contributed by atoms with E-state index < -0.39 is 0 Å². The highest BCUT2D eigenvalue weighted by molar-refractivity contribution is 5.89. The summed E-state index contributed by atoms with van der Waals surface area (Å²) in [6.45, 7) is 12.1. The molecule has 0 radical (unpaired) electrons. The predicted molar refractivity (Wildman–Crippen MR) is 71.9 cm³/mol. The van der Waals surface area contributed by atoms with Gasteiger partial charge < -0.3 is 0 Å². The fourth-order valence-corrected chi connectivity index (χ4v) is 2.15. The van der Waals surface area contributed by atoms with Crippen LogP contribution in [0, 0.1) is 23.7 Å². The van der Waals surface area contributed by atoms with E-state index >= 15 is 0 Å². The highest BCUT2D eigenvalue weighted by Crippen LogP contribution is 2.22. The number of rotatable bonds is 8. The second kappa shape index (κ2) is 7.62. The zero-order chi connectivity index (χ0) is 13.6. The molecule has 0 fully saturated rings. The first-order valence-corrected chi connectivity index (χ1v) is 6.79. The number of carbonyl (C=O) groups is 2. The van der Waals surface area contributed by atoms with Crippen molar-refractivity contribution in [3.63, 3.8) is 0 Å². The first kappa shape index (κ1) is 16.3. The van der Waals surface area contributed by atoms with Crippen molar-refractivity contribution in [1.29, 1.82) is 0 Å². The molecule has 0 bridgehead atoms. The molecule has 2 heteroatoms. The molecule has 0 aromatic carbocycles. The molecule has 0 aliphatic carbocycles. The summed E-state index contributed by atoms with van der Waals surface area (Å²) in [5, 5.41) is 0. The number of Topliss-reactive ketones (excluding diaryl/α,β-unsaturated/α-hetero) is 2. The minimum absolute atomic E-state index is 0.0330. The second-order valence-electron chi connectivity index (χ2n) is 6.22. The van der Waals surface area contributed by atoms with E-state index in [2.05, 4.69) is 13.8 Å². The highest BCUT2D eigenvalue weighted by Gasteiger charge is 2.24. The predicted octanol–water partition coefficient (Wildman–Crippen LogP) is 3.88. The Morgan fingerprint density at radius 2 is 1.35 bits per heavy atom. The third-order valence-corrected chi connectivity index (χ3v) is 2.84. The Morgan fingerprint density at radius 3 is 1.71 bits per heavy atom. The summed E-state index contributed by atoms with van der Waals surface area (Å²) in [5.41, 5.74) is 0. The highest BCUT2D eigenvalue weighted by atomic mass is 16.1. The molecule has 0 aliphatic heterocycles. The van der Waals surface area contributed by atoms with Crippen LogP contribution in [0.5, 0.6) is 0 Å². The van der Waals surface area contributed by atoms with Gasteiger partial charge in [0.1, 0.15) is 11.6 Å². The lowest BCUT2D eigenvalue weighted by atomic mass is 9.83. The Balaban J connectivity index is 4.48. The molecular weight excluding hydrogens is 212 g/mol. The van der Waals surface area contributed by atoms with E-state index in [1.54, 1.807) is 0 Å². The summed E-state index contributed by atoms with van der Waals surface area (Å²) in [5.74, 6) is 1.30. The van der Waals surface area contributed by atoms with Crippen molar-refractivity contribution < 1.29 is 9.59 Å². The lowest BCUT2D eigenvalue weighted by Crippen LogP contribution is -2.24. The Hall–Kier alpha value is -0.660. The third-order valence-electron chi connectivity index (χ3n) is 2.84. The van der Waals surface area contributed by atoms with Crippen LogP contribution in [0.3, 0.4) is 0 Å². The van der Waals surface area contributed by atoms with Crippen LogP contribution >= 0.6 is 0 Å². The van der Waals surface area contributed by atoms with Crippen molar-refractivity contribution in [3.8, 4) is 0 Å². The molecule has 0 aromatic heterocycles. The lowest BCUT2D eigenvalue weighted by molar-refractivity contribution is -0.130. The Morgan fingerprint density at radius 1 is 0.824 bits per heavy atom. The maximum absolute atomic E-state index is 12.0. The van der Waals surface area contributed by atoms with Gasteiger partial charge in [-0.3, -0.25) is 9.59 Å². The SMILES string of the molecule is CC(C)CC(=O)CC(CC(C)C)C(=O)C(C)C. The molecule has 1 atom stereocenters. The van der Waals surface area contributed by atoms with Crippen LogP contribution < -0.4 is 0 Å². The van der Waals surface area contributed by atoms with E-state index in [0.29, 0.717) is 24.7 Å². The van der Waals surface area contributed by atoms with Gasteiger partial charge in [0.15, 0.2) is 0 Å². The van der Waals surface area contributed by atoms with Crippen molar-refractivity contribution in [1.82, 2.24) is 0 Å². The van der Waals surface area contributed by atoms with Gasteiger partial charge in [-0.25, -0.2) is 0 Å². The van der Waals surface area contributed by atoms with Gasteiger partial charge in [-0.2, -0.15) is 0 Å².